The van der Waals surface area contributed by atoms with Gasteiger partial charge in [-0.25, -0.2) is 0 Å². The summed E-state index contributed by atoms with van der Waals surface area (Å²) in [4.78, 5) is 16.6. The molecular formula is C16H25N3O. The van der Waals surface area contributed by atoms with E-state index in [1.54, 1.807) is 0 Å². The van der Waals surface area contributed by atoms with Crippen LogP contribution in [0.15, 0.2) is 30.3 Å². The molecule has 1 aliphatic heterocycles. The molecule has 1 fully saturated rings. The van der Waals surface area contributed by atoms with Crippen molar-refractivity contribution in [1.29, 1.82) is 0 Å². The predicted octanol–water partition coefficient (Wildman–Crippen LogP) is 1.85. The average molecular weight is 275 g/mol. The summed E-state index contributed by atoms with van der Waals surface area (Å²) in [5.74, 6) is 0.189. The van der Waals surface area contributed by atoms with Crippen LogP contribution in [-0.4, -0.2) is 48.6 Å². The molecule has 1 N–H and O–H groups in total. The lowest BCUT2D eigenvalue weighted by molar-refractivity contribution is -0.129. The highest BCUT2D eigenvalue weighted by Crippen LogP contribution is 2.20. The van der Waals surface area contributed by atoms with Gasteiger partial charge in [-0.3, -0.25) is 10.1 Å². The van der Waals surface area contributed by atoms with Gasteiger partial charge in [-0.15, -0.1) is 0 Å². The van der Waals surface area contributed by atoms with Crippen LogP contribution in [0.2, 0.25) is 0 Å². The van der Waals surface area contributed by atoms with Gasteiger partial charge < -0.3 is 9.80 Å². The number of benzene rings is 1. The fraction of sp³-hybridized carbons (Fsp3) is 0.562. The third-order valence-electron chi connectivity index (χ3n) is 4.24. The van der Waals surface area contributed by atoms with Crippen molar-refractivity contribution in [3.8, 4) is 0 Å². The van der Waals surface area contributed by atoms with E-state index in [1.165, 1.54) is 0 Å². The van der Waals surface area contributed by atoms with Crippen molar-refractivity contribution in [2.24, 2.45) is 0 Å². The number of likely N-dealkylation sites (N-methyl/N-ethyl adjacent to an activating group) is 1. The number of nitrogens with zero attached hydrogens (tertiary/aromatic N) is 2. The molecule has 0 saturated carbocycles. The van der Waals surface area contributed by atoms with Gasteiger partial charge in [0.25, 0.3) is 0 Å². The monoisotopic (exact) mass is 275 g/mol. The summed E-state index contributed by atoms with van der Waals surface area (Å²) in [6.45, 7) is 6.76. The fourth-order valence-corrected chi connectivity index (χ4v) is 2.45. The van der Waals surface area contributed by atoms with Gasteiger partial charge in [-0.1, -0.05) is 37.3 Å². The summed E-state index contributed by atoms with van der Waals surface area (Å²) in [5, 5.41) is 3.30. The van der Waals surface area contributed by atoms with Crippen molar-refractivity contribution in [2.75, 3.05) is 26.8 Å². The number of nitrogens with one attached hydrogen (secondary N) is 1. The minimum absolute atomic E-state index is 0.176. The van der Waals surface area contributed by atoms with Gasteiger partial charge >= 0.3 is 0 Å². The second-order valence-corrected chi connectivity index (χ2v) is 5.55. The fourth-order valence-electron chi connectivity index (χ4n) is 2.45. The Labute approximate surface area is 121 Å². The van der Waals surface area contributed by atoms with E-state index >= 15 is 0 Å². The lowest BCUT2D eigenvalue weighted by atomic mass is 10.1. The van der Waals surface area contributed by atoms with Crippen LogP contribution < -0.4 is 5.32 Å². The molecule has 2 atom stereocenters. The maximum absolute atomic E-state index is 12.4. The molecule has 1 heterocycles. The Kier molecular flexibility index (Phi) is 5.15. The van der Waals surface area contributed by atoms with Gasteiger partial charge in [-0.05, 0) is 26.0 Å². The number of carbonyl (C=O) groups excluding carboxylic acids is 1. The molecule has 0 aromatic heterocycles. The van der Waals surface area contributed by atoms with E-state index in [4.69, 9.17) is 0 Å². The molecule has 0 radical (unpaired) electrons. The zero-order valence-corrected chi connectivity index (χ0v) is 12.7. The van der Waals surface area contributed by atoms with Crippen molar-refractivity contribution in [2.45, 2.75) is 32.4 Å². The molecule has 1 aromatic rings. The maximum atomic E-state index is 12.4. The van der Waals surface area contributed by atoms with E-state index in [9.17, 15) is 4.79 Å². The molecule has 0 aliphatic carbocycles. The molecule has 20 heavy (non-hydrogen) atoms. The molecule has 1 aromatic carbocycles. The molecule has 4 nitrogen and oxygen atoms in total. The molecule has 0 spiro atoms. The van der Waals surface area contributed by atoms with Crippen LogP contribution >= 0.6 is 0 Å². The smallest absolute Gasteiger partial charge is 0.245 e. The van der Waals surface area contributed by atoms with Crippen molar-refractivity contribution in [1.82, 2.24) is 15.1 Å². The average Bonchev–Trinajstić information content (AvgIpc) is 2.85. The topological polar surface area (TPSA) is 35.6 Å². The van der Waals surface area contributed by atoms with E-state index in [0.29, 0.717) is 12.7 Å². The molecule has 4 heteroatoms. The van der Waals surface area contributed by atoms with Crippen LogP contribution in [0, 0.1) is 0 Å². The van der Waals surface area contributed by atoms with Gasteiger partial charge in [0.15, 0.2) is 0 Å². The van der Waals surface area contributed by atoms with Crippen LogP contribution in [0.1, 0.15) is 31.9 Å². The van der Waals surface area contributed by atoms with Crippen LogP contribution in [0.5, 0.6) is 0 Å². The van der Waals surface area contributed by atoms with Gasteiger partial charge in [0, 0.05) is 19.1 Å². The lowest BCUT2D eigenvalue weighted by Crippen LogP contribution is -2.38. The summed E-state index contributed by atoms with van der Waals surface area (Å²) in [7, 11) is 2.12. The van der Waals surface area contributed by atoms with Crippen LogP contribution in [0.25, 0.3) is 0 Å². The highest BCUT2D eigenvalue weighted by molar-refractivity contribution is 5.85. The van der Waals surface area contributed by atoms with Crippen LogP contribution in [0.3, 0.4) is 0 Å². The third kappa shape index (κ3) is 3.38. The zero-order valence-electron chi connectivity index (χ0n) is 12.7. The summed E-state index contributed by atoms with van der Waals surface area (Å²) in [5.41, 5.74) is 1.05. The number of carbonyl (C=O) groups is 1. The van der Waals surface area contributed by atoms with E-state index in [1.807, 2.05) is 35.2 Å². The van der Waals surface area contributed by atoms with Crippen molar-refractivity contribution in [3.05, 3.63) is 35.9 Å². The van der Waals surface area contributed by atoms with E-state index in [2.05, 4.69) is 31.1 Å². The first-order valence-corrected chi connectivity index (χ1v) is 7.40. The highest BCUT2D eigenvalue weighted by Gasteiger charge is 2.31. The minimum atomic E-state index is -0.176. The normalized spacial score (nSPS) is 20.7. The molecule has 1 saturated heterocycles. The predicted molar refractivity (Wildman–Crippen MR) is 81.3 cm³/mol. The Morgan fingerprint density at radius 2 is 2.10 bits per heavy atom. The Hall–Kier alpha value is -1.39. The quantitative estimate of drug-likeness (QED) is 0.860. The summed E-state index contributed by atoms with van der Waals surface area (Å²) < 4.78 is 0. The van der Waals surface area contributed by atoms with E-state index in [0.717, 1.165) is 25.1 Å². The molecule has 1 amide bonds. The first-order chi connectivity index (χ1) is 9.63. The van der Waals surface area contributed by atoms with Gasteiger partial charge in [0.05, 0.1) is 6.67 Å². The minimum Gasteiger partial charge on any atom is -0.327 e. The van der Waals surface area contributed by atoms with E-state index < -0.39 is 0 Å². The summed E-state index contributed by atoms with van der Waals surface area (Å²) in [6, 6.07) is 10.3. The standard InChI is InChI=1S/C16H25N3O/c1-4-13(2)18(3)10-11-19-12-17-15(16(19)20)14-8-6-5-7-9-14/h5-9,13,15,17H,4,10-12H2,1-3H3. The second-order valence-electron chi connectivity index (χ2n) is 5.55. The van der Waals surface area contributed by atoms with Gasteiger partial charge in [0.2, 0.25) is 5.91 Å². The first-order valence-electron chi connectivity index (χ1n) is 7.40. The molecular weight excluding hydrogens is 250 g/mol. The van der Waals surface area contributed by atoms with Crippen LogP contribution in [-0.2, 0) is 4.79 Å². The lowest BCUT2D eigenvalue weighted by Gasteiger charge is -2.26. The summed E-state index contributed by atoms with van der Waals surface area (Å²) >= 11 is 0. The first kappa shape index (κ1) is 15.0. The van der Waals surface area contributed by atoms with Gasteiger partial charge in [-0.2, -0.15) is 0 Å². The highest BCUT2D eigenvalue weighted by atomic mass is 16.2. The summed E-state index contributed by atoms with van der Waals surface area (Å²) in [6.07, 6.45) is 1.13. The molecule has 1 aliphatic rings. The Morgan fingerprint density at radius 3 is 2.75 bits per heavy atom. The second kappa shape index (κ2) is 6.86. The SMILES string of the molecule is CCC(C)N(C)CCN1CNC(c2ccccc2)C1=O. The molecule has 2 rings (SSSR count). The van der Waals surface area contributed by atoms with Crippen LogP contribution in [0.4, 0.5) is 0 Å². The third-order valence-corrected chi connectivity index (χ3v) is 4.24. The number of hydrogen-bond donors (Lipinski definition) is 1. The largest absolute Gasteiger partial charge is 0.327 e. The number of hydrogen-bond acceptors (Lipinski definition) is 3. The Balaban J connectivity index is 1.89. The maximum Gasteiger partial charge on any atom is 0.245 e. The molecule has 2 unspecified atom stereocenters. The Morgan fingerprint density at radius 1 is 1.40 bits per heavy atom. The number of amides is 1. The van der Waals surface area contributed by atoms with E-state index in [-0.39, 0.29) is 11.9 Å². The van der Waals surface area contributed by atoms with Crippen molar-refractivity contribution < 1.29 is 4.79 Å². The van der Waals surface area contributed by atoms with Crippen molar-refractivity contribution >= 4 is 5.91 Å². The van der Waals surface area contributed by atoms with Gasteiger partial charge in [0.1, 0.15) is 6.04 Å². The molecule has 0 bridgehead atoms. The number of rotatable bonds is 6. The Bertz CT molecular complexity index is 435. The zero-order chi connectivity index (χ0) is 14.5. The van der Waals surface area contributed by atoms with Crippen molar-refractivity contribution in [3.63, 3.8) is 0 Å². The molecule has 110 valence electrons.